The molecule has 0 aliphatic heterocycles. The third-order valence-corrected chi connectivity index (χ3v) is 3.79. The lowest BCUT2D eigenvalue weighted by Crippen LogP contribution is -1.89. The van der Waals surface area contributed by atoms with E-state index in [1.165, 1.54) is 4.88 Å². The number of rotatable bonds is 1. The number of aryl methyl sites for hydroxylation is 1. The highest BCUT2D eigenvalue weighted by atomic mass is 79.9. The Labute approximate surface area is 89.4 Å². The van der Waals surface area contributed by atoms with Crippen LogP contribution in [0.2, 0.25) is 0 Å². The molecule has 0 aliphatic carbocycles. The third-order valence-electron chi connectivity index (χ3n) is 2.00. The molecule has 0 atom stereocenters. The van der Waals surface area contributed by atoms with Gasteiger partial charge < -0.3 is 4.57 Å². The second-order valence-corrected chi connectivity index (χ2v) is 4.53. The molecule has 0 fully saturated rings. The van der Waals surface area contributed by atoms with Crippen molar-refractivity contribution in [2.45, 2.75) is 6.92 Å². The second kappa shape index (κ2) is 3.27. The molecule has 2 aromatic rings. The van der Waals surface area contributed by atoms with Gasteiger partial charge in [0.25, 0.3) is 0 Å². The summed E-state index contributed by atoms with van der Waals surface area (Å²) in [5, 5.41) is 2.06. The largest absolute Gasteiger partial charge is 0.326 e. The monoisotopic (exact) mass is 256 g/mol. The normalized spacial score (nSPS) is 10.7. The average Bonchev–Trinajstić information content (AvgIpc) is 2.70. The van der Waals surface area contributed by atoms with Gasteiger partial charge in [-0.1, -0.05) is 6.07 Å². The first-order chi connectivity index (χ1) is 6.20. The molecule has 2 nitrogen and oxygen atoms in total. The summed E-state index contributed by atoms with van der Waals surface area (Å²) in [6, 6.07) is 4.12. The Balaban J connectivity index is 2.59. The molecule has 0 radical (unpaired) electrons. The molecule has 13 heavy (non-hydrogen) atoms. The number of nitrogens with zero attached hydrogens (tertiary/aromatic N) is 2. The maximum atomic E-state index is 4.48. The zero-order chi connectivity index (χ0) is 9.42. The first kappa shape index (κ1) is 8.97. The molecule has 2 heterocycles. The summed E-state index contributed by atoms with van der Waals surface area (Å²) in [6.45, 7) is 2.00. The summed E-state index contributed by atoms with van der Waals surface area (Å²) in [6.07, 6.45) is 0. The minimum Gasteiger partial charge on any atom is -0.326 e. The van der Waals surface area contributed by atoms with E-state index in [-0.39, 0.29) is 0 Å². The van der Waals surface area contributed by atoms with Gasteiger partial charge >= 0.3 is 0 Å². The van der Waals surface area contributed by atoms with Crippen molar-refractivity contribution in [2.75, 3.05) is 0 Å². The highest BCUT2D eigenvalue weighted by molar-refractivity contribution is 9.10. The Morgan fingerprint density at radius 2 is 2.31 bits per heavy atom. The number of imidazole rings is 1. The summed E-state index contributed by atoms with van der Waals surface area (Å²) < 4.78 is 3.09. The van der Waals surface area contributed by atoms with Gasteiger partial charge in [0, 0.05) is 7.05 Å². The molecule has 68 valence electrons. The maximum Gasteiger partial charge on any atom is 0.113 e. The van der Waals surface area contributed by atoms with Crippen LogP contribution in [0, 0.1) is 6.92 Å². The van der Waals surface area contributed by atoms with E-state index in [1.54, 1.807) is 11.3 Å². The Morgan fingerprint density at radius 1 is 1.54 bits per heavy atom. The van der Waals surface area contributed by atoms with E-state index in [0.717, 1.165) is 16.1 Å². The van der Waals surface area contributed by atoms with E-state index in [2.05, 4.69) is 32.4 Å². The fraction of sp³-hybridized carbons (Fsp3) is 0.222. The molecule has 0 aromatic carbocycles. The standard InChI is InChI=1S/C9H9BrN2S/c1-6-11-8(9(10)12(6)2)7-4-3-5-13-7/h3-5H,1-2H3. The van der Waals surface area contributed by atoms with E-state index in [4.69, 9.17) is 0 Å². The fourth-order valence-corrected chi connectivity index (χ4v) is 2.56. The second-order valence-electron chi connectivity index (χ2n) is 2.83. The number of hydrogen-bond acceptors (Lipinski definition) is 2. The van der Waals surface area contributed by atoms with Crippen LogP contribution in [-0.2, 0) is 7.05 Å². The van der Waals surface area contributed by atoms with Gasteiger partial charge in [-0.25, -0.2) is 4.98 Å². The van der Waals surface area contributed by atoms with Crippen LogP contribution in [0.5, 0.6) is 0 Å². The lowest BCUT2D eigenvalue weighted by molar-refractivity contribution is 0.840. The van der Waals surface area contributed by atoms with Crippen LogP contribution < -0.4 is 0 Å². The lowest BCUT2D eigenvalue weighted by atomic mass is 10.4. The Morgan fingerprint density at radius 3 is 2.77 bits per heavy atom. The minimum atomic E-state index is 1.02. The molecule has 0 saturated carbocycles. The number of aromatic nitrogens is 2. The fourth-order valence-electron chi connectivity index (χ4n) is 1.15. The topological polar surface area (TPSA) is 17.8 Å². The van der Waals surface area contributed by atoms with Gasteiger partial charge in [-0.15, -0.1) is 11.3 Å². The van der Waals surface area contributed by atoms with Crippen molar-refractivity contribution in [3.63, 3.8) is 0 Å². The summed E-state index contributed by atoms with van der Waals surface area (Å²) >= 11 is 5.24. The number of thiophene rings is 1. The summed E-state index contributed by atoms with van der Waals surface area (Å²) in [7, 11) is 2.00. The van der Waals surface area contributed by atoms with Crippen molar-refractivity contribution in [2.24, 2.45) is 7.05 Å². The molecule has 2 aromatic heterocycles. The van der Waals surface area contributed by atoms with Crippen molar-refractivity contribution in [1.29, 1.82) is 0 Å². The highest BCUT2D eigenvalue weighted by Crippen LogP contribution is 2.30. The van der Waals surface area contributed by atoms with Crippen LogP contribution in [0.4, 0.5) is 0 Å². The molecule has 0 N–H and O–H groups in total. The number of halogens is 1. The average molecular weight is 257 g/mol. The van der Waals surface area contributed by atoms with Crippen LogP contribution in [0.1, 0.15) is 5.82 Å². The SMILES string of the molecule is Cc1nc(-c2cccs2)c(Br)n1C. The van der Waals surface area contributed by atoms with Crippen molar-refractivity contribution < 1.29 is 0 Å². The Kier molecular flexibility index (Phi) is 2.26. The van der Waals surface area contributed by atoms with Crippen LogP contribution in [0.3, 0.4) is 0 Å². The van der Waals surface area contributed by atoms with Crippen LogP contribution in [0.25, 0.3) is 10.6 Å². The predicted molar refractivity (Wildman–Crippen MR) is 59.0 cm³/mol. The van der Waals surface area contributed by atoms with Gasteiger partial charge in [0.2, 0.25) is 0 Å². The van der Waals surface area contributed by atoms with Gasteiger partial charge in [-0.2, -0.15) is 0 Å². The molecule has 0 saturated heterocycles. The molecular weight excluding hydrogens is 248 g/mol. The van der Waals surface area contributed by atoms with Gasteiger partial charge in [0.05, 0.1) is 4.88 Å². The zero-order valence-corrected chi connectivity index (χ0v) is 9.82. The summed E-state index contributed by atoms with van der Waals surface area (Å²) in [5.74, 6) is 1.02. The van der Waals surface area contributed by atoms with Gasteiger partial charge in [0.1, 0.15) is 16.1 Å². The molecule has 2 rings (SSSR count). The van der Waals surface area contributed by atoms with E-state index < -0.39 is 0 Å². The van der Waals surface area contributed by atoms with E-state index >= 15 is 0 Å². The molecule has 0 bridgehead atoms. The van der Waals surface area contributed by atoms with Crippen molar-refractivity contribution in [1.82, 2.24) is 9.55 Å². The van der Waals surface area contributed by atoms with Crippen molar-refractivity contribution in [3.8, 4) is 10.6 Å². The number of hydrogen-bond donors (Lipinski definition) is 0. The van der Waals surface area contributed by atoms with E-state index in [1.807, 2.05) is 24.6 Å². The molecule has 4 heteroatoms. The Bertz CT molecular complexity index is 417. The molecule has 0 spiro atoms. The summed E-state index contributed by atoms with van der Waals surface area (Å²) in [5.41, 5.74) is 1.04. The van der Waals surface area contributed by atoms with E-state index in [9.17, 15) is 0 Å². The molecule has 0 aliphatic rings. The molecule has 0 unspecified atom stereocenters. The van der Waals surface area contributed by atoms with Crippen LogP contribution >= 0.6 is 27.3 Å². The first-order valence-electron chi connectivity index (χ1n) is 3.93. The predicted octanol–water partition coefficient (Wildman–Crippen LogP) is 3.22. The third kappa shape index (κ3) is 1.44. The van der Waals surface area contributed by atoms with Gasteiger partial charge in [-0.05, 0) is 34.3 Å². The minimum absolute atomic E-state index is 1.02. The Hall–Kier alpha value is -0.610. The lowest BCUT2D eigenvalue weighted by Gasteiger charge is -1.95. The van der Waals surface area contributed by atoms with Crippen LogP contribution in [0.15, 0.2) is 22.1 Å². The maximum absolute atomic E-state index is 4.48. The molecule has 0 amide bonds. The molecular formula is C9H9BrN2S. The van der Waals surface area contributed by atoms with Gasteiger partial charge in [-0.3, -0.25) is 0 Å². The smallest absolute Gasteiger partial charge is 0.113 e. The summed E-state index contributed by atoms with van der Waals surface area (Å²) in [4.78, 5) is 5.68. The van der Waals surface area contributed by atoms with Gasteiger partial charge in [0.15, 0.2) is 0 Å². The quantitative estimate of drug-likeness (QED) is 0.767. The van der Waals surface area contributed by atoms with Crippen molar-refractivity contribution >= 4 is 27.3 Å². The van der Waals surface area contributed by atoms with Crippen LogP contribution in [-0.4, -0.2) is 9.55 Å². The van der Waals surface area contributed by atoms with Crippen molar-refractivity contribution in [3.05, 3.63) is 27.9 Å². The zero-order valence-electron chi connectivity index (χ0n) is 7.41. The first-order valence-corrected chi connectivity index (χ1v) is 5.60. The van der Waals surface area contributed by atoms with E-state index in [0.29, 0.717) is 0 Å². The highest BCUT2D eigenvalue weighted by Gasteiger charge is 2.11.